The number of benzene rings is 4. The number of aromatic carboxylic acids is 1. The van der Waals surface area contributed by atoms with E-state index in [1.165, 1.54) is 16.3 Å². The molecule has 0 amide bonds. The number of carboxylic acid groups (broad SMARTS) is 1. The Morgan fingerprint density at radius 1 is 0.947 bits per heavy atom. The third-order valence-corrected chi connectivity index (χ3v) is 6.85. The topological polar surface area (TPSA) is 78.8 Å². The molecule has 0 saturated carbocycles. The summed E-state index contributed by atoms with van der Waals surface area (Å²) in [6.45, 7) is 8.72. The zero-order valence-electron chi connectivity index (χ0n) is 22.6. The van der Waals surface area contributed by atoms with Crippen LogP contribution in [-0.4, -0.2) is 41.0 Å². The molecule has 0 aliphatic rings. The number of carboxylic acids is 1. The van der Waals surface area contributed by atoms with Crippen molar-refractivity contribution in [2.45, 2.75) is 51.9 Å². The van der Waals surface area contributed by atoms with Gasteiger partial charge in [0.2, 0.25) is 0 Å². The van der Waals surface area contributed by atoms with Crippen molar-refractivity contribution in [1.82, 2.24) is 5.32 Å². The van der Waals surface area contributed by atoms with Gasteiger partial charge in [-0.2, -0.15) is 0 Å². The number of carbonyl (C=O) groups is 1. The van der Waals surface area contributed by atoms with E-state index >= 15 is 0 Å². The zero-order chi connectivity index (χ0) is 27.3. The predicted molar refractivity (Wildman–Crippen MR) is 154 cm³/mol. The van der Waals surface area contributed by atoms with Crippen molar-refractivity contribution in [3.05, 3.63) is 107 Å². The molecule has 5 nitrogen and oxygen atoms in total. The Kier molecular flexibility index (Phi) is 8.62. The first-order valence-electron chi connectivity index (χ1n) is 13.1. The molecule has 0 spiro atoms. The van der Waals surface area contributed by atoms with E-state index in [1.807, 2.05) is 50.2 Å². The van der Waals surface area contributed by atoms with E-state index in [9.17, 15) is 15.0 Å². The summed E-state index contributed by atoms with van der Waals surface area (Å²) >= 11 is 0. The number of ether oxygens (including phenoxy) is 1. The normalized spacial score (nSPS) is 13.4. The molecule has 5 heteroatoms. The summed E-state index contributed by atoms with van der Waals surface area (Å²) in [5.74, 6) is -0.948. The smallest absolute Gasteiger partial charge is 0.335 e. The van der Waals surface area contributed by atoms with Crippen molar-refractivity contribution in [3.8, 4) is 11.1 Å². The minimum absolute atomic E-state index is 0.183. The molecule has 0 bridgehead atoms. The van der Waals surface area contributed by atoms with Crippen molar-refractivity contribution in [1.29, 1.82) is 0 Å². The van der Waals surface area contributed by atoms with E-state index in [2.05, 4.69) is 55.6 Å². The minimum Gasteiger partial charge on any atom is -0.478 e. The summed E-state index contributed by atoms with van der Waals surface area (Å²) in [7, 11) is 0. The van der Waals surface area contributed by atoms with Gasteiger partial charge in [0.15, 0.2) is 0 Å². The number of rotatable bonds is 11. The number of nitrogens with one attached hydrogen (secondary N) is 1. The molecule has 0 fully saturated rings. The van der Waals surface area contributed by atoms with Gasteiger partial charge >= 0.3 is 5.97 Å². The zero-order valence-corrected chi connectivity index (χ0v) is 22.6. The lowest BCUT2D eigenvalue weighted by atomic mass is 9.93. The lowest BCUT2D eigenvalue weighted by molar-refractivity contribution is -0.00397. The minimum atomic E-state index is -0.948. The summed E-state index contributed by atoms with van der Waals surface area (Å²) in [6.07, 6.45) is -0.109. The maximum Gasteiger partial charge on any atom is 0.335 e. The van der Waals surface area contributed by atoms with Gasteiger partial charge in [-0.1, -0.05) is 72.8 Å². The molecule has 38 heavy (non-hydrogen) atoms. The van der Waals surface area contributed by atoms with Crippen molar-refractivity contribution in [2.24, 2.45) is 0 Å². The molecule has 0 radical (unpaired) electrons. The highest BCUT2D eigenvalue weighted by Gasteiger charge is 2.21. The summed E-state index contributed by atoms with van der Waals surface area (Å²) in [5, 5.41) is 26.1. The lowest BCUT2D eigenvalue weighted by Crippen LogP contribution is -2.46. The Labute approximate surface area is 225 Å². The molecule has 3 N–H and O–H groups in total. The van der Waals surface area contributed by atoms with E-state index in [0.29, 0.717) is 6.54 Å². The van der Waals surface area contributed by atoms with Crippen LogP contribution in [-0.2, 0) is 11.2 Å². The standard InChI is InChI=1S/C33H37NO4/c1-22-15-27(18-28(16-22)32(36)37)31-12-8-7-11-30(31)23(2)38-21-29(35)20-34-33(3,4)19-24-13-14-25-9-5-6-10-26(25)17-24/h5-18,23,29,34-35H,19-21H2,1-4H3,(H,36,37)/t23?,29-/m0/s1. The number of hydrogen-bond acceptors (Lipinski definition) is 4. The first-order valence-corrected chi connectivity index (χ1v) is 13.1. The lowest BCUT2D eigenvalue weighted by Gasteiger charge is -2.28. The Morgan fingerprint density at radius 2 is 1.66 bits per heavy atom. The van der Waals surface area contributed by atoms with Gasteiger partial charge in [-0.05, 0) is 84.8 Å². The van der Waals surface area contributed by atoms with E-state index < -0.39 is 12.1 Å². The van der Waals surface area contributed by atoms with Crippen LogP contribution in [0.25, 0.3) is 21.9 Å². The number of aliphatic hydroxyl groups is 1. The van der Waals surface area contributed by atoms with Crippen LogP contribution in [0.1, 0.15) is 53.9 Å². The highest BCUT2D eigenvalue weighted by Crippen LogP contribution is 2.31. The molecule has 198 valence electrons. The fourth-order valence-electron chi connectivity index (χ4n) is 4.90. The van der Waals surface area contributed by atoms with Gasteiger partial charge in [0.05, 0.1) is 24.4 Å². The van der Waals surface area contributed by atoms with Crippen LogP contribution in [0.3, 0.4) is 0 Å². The Hall–Kier alpha value is -3.51. The highest BCUT2D eigenvalue weighted by molar-refractivity contribution is 5.90. The first-order chi connectivity index (χ1) is 18.1. The van der Waals surface area contributed by atoms with Crippen molar-refractivity contribution in [3.63, 3.8) is 0 Å². The van der Waals surface area contributed by atoms with Crippen LogP contribution in [0, 0.1) is 6.92 Å². The van der Waals surface area contributed by atoms with Gasteiger partial charge in [0.25, 0.3) is 0 Å². The monoisotopic (exact) mass is 511 g/mol. The maximum atomic E-state index is 11.6. The highest BCUT2D eigenvalue weighted by atomic mass is 16.5. The molecule has 0 heterocycles. The SMILES string of the molecule is Cc1cc(C(=O)O)cc(-c2ccccc2C(C)OC[C@@H](O)CNC(C)(C)Cc2ccc3ccccc3c2)c1. The third-order valence-electron chi connectivity index (χ3n) is 6.85. The summed E-state index contributed by atoms with van der Waals surface area (Å²) in [5.41, 5.74) is 4.91. The number of aliphatic hydroxyl groups excluding tert-OH is 1. The number of hydrogen-bond donors (Lipinski definition) is 3. The first kappa shape index (κ1) is 27.5. The molecule has 4 aromatic rings. The van der Waals surface area contributed by atoms with Gasteiger partial charge < -0.3 is 20.3 Å². The van der Waals surface area contributed by atoms with E-state index in [4.69, 9.17) is 4.74 Å². The van der Waals surface area contributed by atoms with Crippen LogP contribution in [0.4, 0.5) is 0 Å². The van der Waals surface area contributed by atoms with Crippen LogP contribution in [0.15, 0.2) is 84.9 Å². The number of aryl methyl sites for hydroxylation is 1. The van der Waals surface area contributed by atoms with Crippen LogP contribution in [0.2, 0.25) is 0 Å². The fourth-order valence-corrected chi connectivity index (χ4v) is 4.90. The predicted octanol–water partition coefficient (Wildman–Crippen LogP) is 6.56. The summed E-state index contributed by atoms with van der Waals surface area (Å²) in [6, 6.07) is 28.1. The van der Waals surface area contributed by atoms with Crippen molar-refractivity contribution < 1.29 is 19.7 Å². The Bertz CT molecular complexity index is 1410. The quantitative estimate of drug-likeness (QED) is 0.212. The molecule has 0 aromatic heterocycles. The number of β-amino-alcohol motifs (C(OH)–C–C–N with tert-alkyl or cyclic N) is 1. The van der Waals surface area contributed by atoms with Crippen LogP contribution >= 0.6 is 0 Å². The molecule has 4 rings (SSSR count). The second-order valence-electron chi connectivity index (χ2n) is 10.7. The largest absolute Gasteiger partial charge is 0.478 e. The Morgan fingerprint density at radius 3 is 2.42 bits per heavy atom. The second-order valence-corrected chi connectivity index (χ2v) is 10.7. The molecular formula is C33H37NO4. The molecule has 0 aliphatic carbocycles. The van der Waals surface area contributed by atoms with Gasteiger partial charge in [-0.15, -0.1) is 0 Å². The molecule has 0 saturated heterocycles. The second kappa shape index (κ2) is 11.9. The van der Waals surface area contributed by atoms with E-state index in [1.54, 1.807) is 12.1 Å². The van der Waals surface area contributed by atoms with E-state index in [0.717, 1.165) is 28.7 Å². The maximum absolute atomic E-state index is 11.6. The average molecular weight is 512 g/mol. The van der Waals surface area contributed by atoms with Gasteiger partial charge in [0.1, 0.15) is 0 Å². The average Bonchev–Trinajstić information content (AvgIpc) is 2.90. The molecular weight excluding hydrogens is 474 g/mol. The third kappa shape index (κ3) is 7.07. The molecule has 4 aromatic carbocycles. The molecule has 2 atom stereocenters. The Balaban J connectivity index is 1.35. The fraction of sp³-hybridized carbons (Fsp3) is 0.303. The van der Waals surface area contributed by atoms with Gasteiger partial charge in [-0.3, -0.25) is 0 Å². The molecule has 0 aliphatic heterocycles. The van der Waals surface area contributed by atoms with Gasteiger partial charge in [-0.25, -0.2) is 4.79 Å². The van der Waals surface area contributed by atoms with Crippen LogP contribution in [0.5, 0.6) is 0 Å². The van der Waals surface area contributed by atoms with Crippen molar-refractivity contribution >= 4 is 16.7 Å². The number of fused-ring (bicyclic) bond motifs is 1. The van der Waals surface area contributed by atoms with Crippen molar-refractivity contribution in [2.75, 3.05) is 13.2 Å². The van der Waals surface area contributed by atoms with E-state index in [-0.39, 0.29) is 23.8 Å². The van der Waals surface area contributed by atoms with Gasteiger partial charge in [0, 0.05) is 12.1 Å². The molecule has 1 unspecified atom stereocenters. The van der Waals surface area contributed by atoms with Crippen LogP contribution < -0.4 is 5.32 Å². The summed E-state index contributed by atoms with van der Waals surface area (Å²) in [4.78, 5) is 11.6. The summed E-state index contributed by atoms with van der Waals surface area (Å²) < 4.78 is 6.09.